The molecule has 0 aliphatic rings. The van der Waals surface area contributed by atoms with E-state index in [0.717, 1.165) is 29.6 Å². The monoisotopic (exact) mass is 431 g/mol. The van der Waals surface area contributed by atoms with E-state index in [1.54, 1.807) is 36.7 Å². The summed E-state index contributed by atoms with van der Waals surface area (Å²) in [6, 6.07) is 8.84. The lowest BCUT2D eigenvalue weighted by atomic mass is 10.2. The first-order chi connectivity index (χ1) is 12.8. The van der Waals surface area contributed by atoms with Gasteiger partial charge in [0.05, 0.1) is 23.4 Å². The summed E-state index contributed by atoms with van der Waals surface area (Å²) in [5.74, 6) is 0.598. The Morgan fingerprint density at radius 3 is 2.44 bits per heavy atom. The minimum Gasteiger partial charge on any atom is -0.497 e. The Balaban J connectivity index is 2.49. The van der Waals surface area contributed by atoms with Crippen molar-refractivity contribution in [3.05, 3.63) is 47.0 Å². The number of nitrogens with zero attached hydrogens (tertiary/aromatic N) is 2. The molecule has 2 aromatic rings. The minimum absolute atomic E-state index is 0.00138. The number of halogens is 4. The standard InChI is InChI=1S/C17H13ClF3N3OS2/c1-25-11-3-5-12(6-4-11)27-15-13(17(19,20)21)7-10(8-14(15)18)24-16(26-2)23-9-22/h3-8H,1-2H3,(H,23,24). The van der Waals surface area contributed by atoms with Crippen LogP contribution < -0.4 is 10.1 Å². The van der Waals surface area contributed by atoms with Crippen LogP contribution >= 0.6 is 35.1 Å². The fourth-order valence-electron chi connectivity index (χ4n) is 2.01. The van der Waals surface area contributed by atoms with Crippen LogP contribution in [0.3, 0.4) is 0 Å². The number of ether oxygens (including phenoxy) is 1. The highest BCUT2D eigenvalue weighted by molar-refractivity contribution is 8.13. The maximum absolute atomic E-state index is 13.6. The lowest BCUT2D eigenvalue weighted by molar-refractivity contribution is -0.139. The fourth-order valence-corrected chi connectivity index (χ4v) is 3.63. The number of thioether (sulfide) groups is 1. The first kappa shape index (κ1) is 21.3. The molecule has 0 aliphatic heterocycles. The van der Waals surface area contributed by atoms with Crippen molar-refractivity contribution in [1.82, 2.24) is 5.32 Å². The van der Waals surface area contributed by atoms with Crippen LogP contribution in [0.5, 0.6) is 5.75 Å². The maximum atomic E-state index is 13.6. The molecule has 0 aromatic heterocycles. The third-order valence-electron chi connectivity index (χ3n) is 3.20. The Labute approximate surface area is 167 Å². The van der Waals surface area contributed by atoms with E-state index >= 15 is 0 Å². The van der Waals surface area contributed by atoms with Crippen LogP contribution in [-0.4, -0.2) is 18.5 Å². The van der Waals surface area contributed by atoms with E-state index in [9.17, 15) is 13.2 Å². The summed E-state index contributed by atoms with van der Waals surface area (Å²) in [6.07, 6.45) is -1.30. The lowest BCUT2D eigenvalue weighted by Crippen LogP contribution is -2.12. The van der Waals surface area contributed by atoms with Crippen molar-refractivity contribution < 1.29 is 17.9 Å². The Hall–Kier alpha value is -2.02. The molecule has 2 aromatic carbocycles. The van der Waals surface area contributed by atoms with E-state index < -0.39 is 11.7 Å². The van der Waals surface area contributed by atoms with E-state index in [0.29, 0.717) is 10.6 Å². The molecule has 0 saturated carbocycles. The van der Waals surface area contributed by atoms with Gasteiger partial charge in [0.15, 0.2) is 11.4 Å². The van der Waals surface area contributed by atoms with Gasteiger partial charge in [-0.25, -0.2) is 4.99 Å². The zero-order valence-corrected chi connectivity index (χ0v) is 16.5. The largest absolute Gasteiger partial charge is 0.497 e. The molecule has 0 saturated heterocycles. The van der Waals surface area contributed by atoms with E-state index in [1.165, 1.54) is 13.2 Å². The number of benzene rings is 2. The second kappa shape index (κ2) is 9.26. The molecule has 0 spiro atoms. The lowest BCUT2D eigenvalue weighted by Gasteiger charge is -2.15. The van der Waals surface area contributed by atoms with Crippen molar-refractivity contribution in [3.63, 3.8) is 0 Å². The Morgan fingerprint density at radius 2 is 1.93 bits per heavy atom. The summed E-state index contributed by atoms with van der Waals surface area (Å²) < 4.78 is 45.8. The Kier molecular flexibility index (Phi) is 7.30. The Bertz CT molecular complexity index is 881. The average Bonchev–Trinajstić information content (AvgIpc) is 2.63. The summed E-state index contributed by atoms with van der Waals surface area (Å²) in [6.45, 7) is 0. The molecule has 0 amide bonds. The van der Waals surface area contributed by atoms with Gasteiger partial charge in [-0.3, -0.25) is 5.32 Å². The molecular formula is C17H13ClF3N3OS2. The molecule has 1 N–H and O–H groups in total. The van der Waals surface area contributed by atoms with Gasteiger partial charge in [0, 0.05) is 9.79 Å². The number of hydrogen-bond donors (Lipinski definition) is 1. The van der Waals surface area contributed by atoms with E-state index in [1.807, 2.05) is 0 Å². The third kappa shape index (κ3) is 5.73. The molecule has 0 bridgehead atoms. The molecule has 0 radical (unpaired) electrons. The van der Waals surface area contributed by atoms with E-state index in [2.05, 4.69) is 10.3 Å². The van der Waals surface area contributed by atoms with Crippen LogP contribution in [0.1, 0.15) is 5.56 Å². The smallest absolute Gasteiger partial charge is 0.417 e. The van der Waals surface area contributed by atoms with Crippen molar-refractivity contribution in [2.24, 2.45) is 4.99 Å². The summed E-state index contributed by atoms with van der Waals surface area (Å²) in [7, 11) is 1.50. The molecule has 27 heavy (non-hydrogen) atoms. The SMILES string of the molecule is COc1ccc(Sc2c(Cl)cc(N=C(NC#N)SC)cc2C(F)(F)F)cc1. The van der Waals surface area contributed by atoms with E-state index in [-0.39, 0.29) is 20.8 Å². The van der Waals surface area contributed by atoms with Crippen LogP contribution in [0.25, 0.3) is 0 Å². The molecule has 0 atom stereocenters. The van der Waals surface area contributed by atoms with Gasteiger partial charge in [0.25, 0.3) is 0 Å². The van der Waals surface area contributed by atoms with Crippen molar-refractivity contribution in [2.75, 3.05) is 13.4 Å². The summed E-state index contributed by atoms with van der Waals surface area (Å²) >= 11 is 8.14. The van der Waals surface area contributed by atoms with Gasteiger partial charge in [-0.2, -0.15) is 18.4 Å². The van der Waals surface area contributed by atoms with Crippen LogP contribution in [0.15, 0.2) is 51.2 Å². The number of alkyl halides is 3. The molecule has 142 valence electrons. The van der Waals surface area contributed by atoms with Gasteiger partial charge in [-0.15, -0.1) is 0 Å². The van der Waals surface area contributed by atoms with Crippen molar-refractivity contribution in [3.8, 4) is 11.9 Å². The first-order valence-electron chi connectivity index (χ1n) is 7.29. The predicted molar refractivity (Wildman–Crippen MR) is 103 cm³/mol. The van der Waals surface area contributed by atoms with Crippen LogP contribution in [-0.2, 0) is 6.18 Å². The molecule has 0 aliphatic carbocycles. The predicted octanol–water partition coefficient (Wildman–Crippen LogP) is 5.94. The summed E-state index contributed by atoms with van der Waals surface area (Å²) in [5, 5.41) is 11.0. The molecule has 0 fully saturated rings. The van der Waals surface area contributed by atoms with Crippen molar-refractivity contribution in [2.45, 2.75) is 16.0 Å². The second-order valence-corrected chi connectivity index (χ2v) is 7.22. The van der Waals surface area contributed by atoms with Gasteiger partial charge in [-0.1, -0.05) is 35.1 Å². The van der Waals surface area contributed by atoms with Gasteiger partial charge in [0.2, 0.25) is 0 Å². The van der Waals surface area contributed by atoms with Gasteiger partial charge >= 0.3 is 6.18 Å². The van der Waals surface area contributed by atoms with Gasteiger partial charge < -0.3 is 4.74 Å². The highest BCUT2D eigenvalue weighted by Crippen LogP contribution is 2.45. The average molecular weight is 432 g/mol. The maximum Gasteiger partial charge on any atom is 0.417 e. The van der Waals surface area contributed by atoms with Crippen LogP contribution in [0.4, 0.5) is 18.9 Å². The van der Waals surface area contributed by atoms with Crippen molar-refractivity contribution in [1.29, 1.82) is 5.26 Å². The molecule has 10 heteroatoms. The van der Waals surface area contributed by atoms with Crippen LogP contribution in [0.2, 0.25) is 5.02 Å². The highest BCUT2D eigenvalue weighted by atomic mass is 35.5. The molecule has 0 heterocycles. The number of nitriles is 1. The summed E-state index contributed by atoms with van der Waals surface area (Å²) in [4.78, 5) is 4.47. The number of nitrogens with one attached hydrogen (secondary N) is 1. The van der Waals surface area contributed by atoms with Gasteiger partial charge in [-0.05, 0) is 42.7 Å². The minimum atomic E-state index is -4.62. The Morgan fingerprint density at radius 1 is 1.26 bits per heavy atom. The number of rotatable bonds is 4. The van der Waals surface area contributed by atoms with Crippen molar-refractivity contribution >= 4 is 46.0 Å². The number of hydrogen-bond acceptors (Lipinski definition) is 5. The molecule has 2 rings (SSSR count). The molecule has 4 nitrogen and oxygen atoms in total. The van der Waals surface area contributed by atoms with Crippen LogP contribution in [0, 0.1) is 11.5 Å². The molecular weight excluding hydrogens is 419 g/mol. The third-order valence-corrected chi connectivity index (χ3v) is 5.34. The zero-order chi connectivity index (χ0) is 20.0. The first-order valence-corrected chi connectivity index (χ1v) is 9.71. The normalized spacial score (nSPS) is 11.8. The topological polar surface area (TPSA) is 57.4 Å². The summed E-state index contributed by atoms with van der Waals surface area (Å²) in [5.41, 5.74) is -0.898. The highest BCUT2D eigenvalue weighted by Gasteiger charge is 2.35. The number of amidine groups is 1. The fraction of sp³-hybridized carbons (Fsp3) is 0.176. The zero-order valence-electron chi connectivity index (χ0n) is 14.1. The van der Waals surface area contributed by atoms with Gasteiger partial charge in [0.1, 0.15) is 5.75 Å². The number of methoxy groups -OCH3 is 1. The second-order valence-electron chi connectivity index (χ2n) is 4.94. The quantitative estimate of drug-likeness (QED) is 0.281. The van der Waals surface area contributed by atoms with E-state index in [4.69, 9.17) is 21.6 Å². The molecule has 0 unspecified atom stereocenters. The number of aliphatic imine (C=N–C) groups is 1.